The molecule has 0 aliphatic heterocycles. The van der Waals surface area contributed by atoms with Gasteiger partial charge in [0.2, 0.25) is 5.91 Å². The molecule has 0 unspecified atom stereocenters. The summed E-state index contributed by atoms with van der Waals surface area (Å²) in [5, 5.41) is 8.30. The van der Waals surface area contributed by atoms with Gasteiger partial charge in [-0.15, -0.1) is 0 Å². The lowest BCUT2D eigenvalue weighted by molar-refractivity contribution is -0.121. The van der Waals surface area contributed by atoms with E-state index < -0.39 is 0 Å². The van der Waals surface area contributed by atoms with Crippen molar-refractivity contribution < 1.29 is 9.59 Å². The lowest BCUT2D eigenvalue weighted by atomic mass is 10.1. The number of anilines is 1. The second-order valence-electron chi connectivity index (χ2n) is 5.29. The summed E-state index contributed by atoms with van der Waals surface area (Å²) < 4.78 is 0. The second kappa shape index (κ2) is 6.56. The third-order valence-corrected chi connectivity index (χ3v) is 2.43. The van der Waals surface area contributed by atoms with Crippen LogP contribution in [0.15, 0.2) is 12.1 Å². The molecule has 0 aliphatic rings. The summed E-state index contributed by atoms with van der Waals surface area (Å²) in [5.74, 6) is -0.142. The number of aromatic nitrogens is 1. The van der Waals surface area contributed by atoms with E-state index in [1.54, 1.807) is 13.1 Å². The van der Waals surface area contributed by atoms with Gasteiger partial charge in [0.1, 0.15) is 11.0 Å². The number of halogens is 1. The molecule has 1 rings (SSSR count). The van der Waals surface area contributed by atoms with Gasteiger partial charge < -0.3 is 16.0 Å². The van der Waals surface area contributed by atoms with Gasteiger partial charge in [0.25, 0.3) is 5.91 Å². The zero-order valence-electron chi connectivity index (χ0n) is 12.0. The SMILES string of the molecule is CNc1cc(C(=O)NCC(=O)NC(C)(C)C)cc(Cl)n1. The molecule has 0 saturated carbocycles. The quantitative estimate of drug-likeness (QED) is 0.734. The fourth-order valence-corrected chi connectivity index (χ4v) is 1.69. The molecule has 6 nitrogen and oxygen atoms in total. The summed E-state index contributed by atoms with van der Waals surface area (Å²) in [6.07, 6.45) is 0. The standard InChI is InChI=1S/C13H19ClN4O2/c1-13(2,3)18-11(19)7-16-12(20)8-5-9(14)17-10(6-8)15-4/h5-6H,7H2,1-4H3,(H,15,17)(H,16,20)(H,18,19). The zero-order valence-corrected chi connectivity index (χ0v) is 12.8. The first-order valence-corrected chi connectivity index (χ1v) is 6.53. The largest absolute Gasteiger partial charge is 0.373 e. The van der Waals surface area contributed by atoms with Crippen molar-refractivity contribution in [1.82, 2.24) is 15.6 Å². The van der Waals surface area contributed by atoms with Gasteiger partial charge in [0.15, 0.2) is 0 Å². The normalized spacial score (nSPS) is 10.8. The predicted molar refractivity (Wildman–Crippen MR) is 79.0 cm³/mol. The summed E-state index contributed by atoms with van der Waals surface area (Å²) in [6.45, 7) is 5.52. The second-order valence-corrected chi connectivity index (χ2v) is 5.68. The monoisotopic (exact) mass is 298 g/mol. The van der Waals surface area contributed by atoms with E-state index in [4.69, 9.17) is 11.6 Å². The molecule has 0 bridgehead atoms. The number of hydrogen-bond donors (Lipinski definition) is 3. The van der Waals surface area contributed by atoms with Gasteiger partial charge in [0, 0.05) is 18.2 Å². The number of hydrogen-bond acceptors (Lipinski definition) is 4. The number of carbonyl (C=O) groups is 2. The molecule has 0 spiro atoms. The molecule has 0 fully saturated rings. The van der Waals surface area contributed by atoms with Crippen LogP contribution in [0.2, 0.25) is 5.15 Å². The third-order valence-electron chi connectivity index (χ3n) is 2.24. The van der Waals surface area contributed by atoms with Crippen LogP contribution in [0.3, 0.4) is 0 Å². The Hall–Kier alpha value is -1.82. The predicted octanol–water partition coefficient (Wildman–Crippen LogP) is 1.42. The maximum Gasteiger partial charge on any atom is 0.251 e. The van der Waals surface area contributed by atoms with Gasteiger partial charge in [-0.2, -0.15) is 0 Å². The van der Waals surface area contributed by atoms with Crippen molar-refractivity contribution in [2.45, 2.75) is 26.3 Å². The van der Waals surface area contributed by atoms with Crippen LogP contribution in [-0.2, 0) is 4.79 Å². The summed E-state index contributed by atoms with van der Waals surface area (Å²) >= 11 is 5.81. The first-order valence-electron chi connectivity index (χ1n) is 6.16. The van der Waals surface area contributed by atoms with E-state index in [2.05, 4.69) is 20.9 Å². The van der Waals surface area contributed by atoms with Crippen molar-refractivity contribution in [3.63, 3.8) is 0 Å². The molecule has 3 N–H and O–H groups in total. The van der Waals surface area contributed by atoms with E-state index in [0.29, 0.717) is 11.4 Å². The Morgan fingerprint density at radius 2 is 1.95 bits per heavy atom. The van der Waals surface area contributed by atoms with Crippen LogP contribution >= 0.6 is 11.6 Å². The molecule has 1 heterocycles. The van der Waals surface area contributed by atoms with Crippen LogP contribution in [0.1, 0.15) is 31.1 Å². The van der Waals surface area contributed by atoms with Crippen molar-refractivity contribution in [3.8, 4) is 0 Å². The first kappa shape index (κ1) is 16.2. The van der Waals surface area contributed by atoms with Crippen LogP contribution in [0.25, 0.3) is 0 Å². The van der Waals surface area contributed by atoms with Crippen molar-refractivity contribution in [2.24, 2.45) is 0 Å². The molecule has 0 aromatic carbocycles. The molecule has 1 aromatic rings. The van der Waals surface area contributed by atoms with Crippen molar-refractivity contribution in [3.05, 3.63) is 22.8 Å². The molecule has 0 radical (unpaired) electrons. The smallest absolute Gasteiger partial charge is 0.251 e. The summed E-state index contributed by atoms with van der Waals surface area (Å²) in [4.78, 5) is 27.5. The number of rotatable bonds is 4. The molecule has 0 aliphatic carbocycles. The van der Waals surface area contributed by atoms with Crippen LogP contribution in [0.5, 0.6) is 0 Å². The minimum atomic E-state index is -0.380. The lowest BCUT2D eigenvalue weighted by Crippen LogP contribution is -2.45. The Labute approximate surface area is 123 Å². The topological polar surface area (TPSA) is 83.1 Å². The summed E-state index contributed by atoms with van der Waals surface area (Å²) in [6, 6.07) is 3.00. The highest BCUT2D eigenvalue weighted by Gasteiger charge is 2.15. The van der Waals surface area contributed by atoms with Crippen LogP contribution < -0.4 is 16.0 Å². The molecule has 20 heavy (non-hydrogen) atoms. The highest BCUT2D eigenvalue weighted by atomic mass is 35.5. The molecule has 0 saturated heterocycles. The fourth-order valence-electron chi connectivity index (χ4n) is 1.48. The Bertz CT molecular complexity index is 512. The number of carbonyl (C=O) groups excluding carboxylic acids is 2. The number of amides is 2. The van der Waals surface area contributed by atoms with Crippen LogP contribution in [0.4, 0.5) is 5.82 Å². The van der Waals surface area contributed by atoms with Gasteiger partial charge in [-0.1, -0.05) is 11.6 Å². The van der Waals surface area contributed by atoms with Crippen LogP contribution in [0, 0.1) is 0 Å². The highest BCUT2D eigenvalue weighted by molar-refractivity contribution is 6.29. The summed E-state index contributed by atoms with van der Waals surface area (Å²) in [7, 11) is 1.68. The van der Waals surface area contributed by atoms with Crippen LogP contribution in [-0.4, -0.2) is 35.9 Å². The van der Waals surface area contributed by atoms with Gasteiger partial charge in [-0.05, 0) is 32.9 Å². The minimum absolute atomic E-state index is 0.0923. The Morgan fingerprint density at radius 3 is 2.50 bits per heavy atom. The third kappa shape index (κ3) is 5.44. The minimum Gasteiger partial charge on any atom is -0.373 e. The molecular weight excluding hydrogens is 280 g/mol. The molecule has 7 heteroatoms. The van der Waals surface area contributed by atoms with E-state index in [0.717, 1.165) is 0 Å². The van der Waals surface area contributed by atoms with E-state index >= 15 is 0 Å². The fraction of sp³-hybridized carbons (Fsp3) is 0.462. The molecule has 2 amide bonds. The van der Waals surface area contributed by atoms with Gasteiger partial charge in [0.05, 0.1) is 6.54 Å². The Kier molecular flexibility index (Phi) is 5.33. The van der Waals surface area contributed by atoms with Gasteiger partial charge in [-0.3, -0.25) is 9.59 Å². The van der Waals surface area contributed by atoms with E-state index in [-0.39, 0.29) is 29.1 Å². The maximum absolute atomic E-state index is 11.9. The molecule has 1 aromatic heterocycles. The number of pyridine rings is 1. The molecule has 110 valence electrons. The number of nitrogens with zero attached hydrogens (tertiary/aromatic N) is 1. The van der Waals surface area contributed by atoms with Gasteiger partial charge >= 0.3 is 0 Å². The first-order chi connectivity index (χ1) is 9.21. The Morgan fingerprint density at radius 1 is 1.30 bits per heavy atom. The lowest BCUT2D eigenvalue weighted by Gasteiger charge is -2.20. The highest BCUT2D eigenvalue weighted by Crippen LogP contribution is 2.13. The van der Waals surface area contributed by atoms with Crippen molar-refractivity contribution >= 4 is 29.2 Å². The zero-order chi connectivity index (χ0) is 15.3. The van der Waals surface area contributed by atoms with Crippen molar-refractivity contribution in [2.75, 3.05) is 18.9 Å². The average Bonchev–Trinajstić information content (AvgIpc) is 2.33. The maximum atomic E-state index is 11.9. The van der Waals surface area contributed by atoms with E-state index in [1.165, 1.54) is 6.07 Å². The van der Waals surface area contributed by atoms with E-state index in [1.807, 2.05) is 20.8 Å². The average molecular weight is 299 g/mol. The van der Waals surface area contributed by atoms with Gasteiger partial charge in [-0.25, -0.2) is 4.98 Å². The van der Waals surface area contributed by atoms with E-state index in [9.17, 15) is 9.59 Å². The Balaban J connectivity index is 2.63. The number of nitrogens with one attached hydrogen (secondary N) is 3. The molecule has 0 atom stereocenters. The molecular formula is C13H19ClN4O2. The van der Waals surface area contributed by atoms with Crippen molar-refractivity contribution in [1.29, 1.82) is 0 Å². The summed E-state index contributed by atoms with van der Waals surface area (Å²) in [5.41, 5.74) is 0.0130.